The van der Waals surface area contributed by atoms with Gasteiger partial charge in [-0.25, -0.2) is 9.97 Å². The number of rotatable bonds is 8. The summed E-state index contributed by atoms with van der Waals surface area (Å²) in [5.74, 6) is 1.12. The number of anilines is 2. The summed E-state index contributed by atoms with van der Waals surface area (Å²) >= 11 is 0. The van der Waals surface area contributed by atoms with Crippen LogP contribution < -0.4 is 17.2 Å². The molecule has 0 radical (unpaired) electrons. The molecule has 2 atom stereocenters. The van der Waals surface area contributed by atoms with Crippen LogP contribution in [0.15, 0.2) is 84.9 Å². The lowest BCUT2D eigenvalue weighted by Crippen LogP contribution is -2.51. The predicted molar refractivity (Wildman–Crippen MR) is 192 cm³/mol. The van der Waals surface area contributed by atoms with Crippen LogP contribution in [0.2, 0.25) is 0 Å². The van der Waals surface area contributed by atoms with Gasteiger partial charge in [-0.05, 0) is 82.0 Å². The predicted octanol–water partition coefficient (Wildman–Crippen LogP) is 5.19. The molecule has 2 aromatic heterocycles. The molecule has 6 rings (SSSR count). The summed E-state index contributed by atoms with van der Waals surface area (Å²) in [4.78, 5) is 16.3. The average molecular weight is 621 g/mol. The molecular weight excluding hydrogens is 568 g/mol. The molecule has 0 spiro atoms. The van der Waals surface area contributed by atoms with Gasteiger partial charge in [-0.3, -0.25) is 4.90 Å². The molecule has 0 aliphatic carbocycles. The van der Waals surface area contributed by atoms with Crippen LogP contribution in [0.4, 0.5) is 11.6 Å². The van der Waals surface area contributed by atoms with Crippen molar-refractivity contribution in [3.8, 4) is 22.5 Å². The van der Waals surface area contributed by atoms with E-state index in [4.69, 9.17) is 17.2 Å². The van der Waals surface area contributed by atoms with E-state index in [1.54, 1.807) is 0 Å². The highest BCUT2D eigenvalue weighted by Gasteiger charge is 2.28. The molecule has 2 fully saturated rings. The molecule has 2 unspecified atom stereocenters. The van der Waals surface area contributed by atoms with Crippen LogP contribution in [0.3, 0.4) is 0 Å². The first kappa shape index (κ1) is 33.5. The highest BCUT2D eigenvalue weighted by Crippen LogP contribution is 2.24. The first-order valence-corrected chi connectivity index (χ1v) is 16.8. The van der Waals surface area contributed by atoms with Gasteiger partial charge in [0.25, 0.3) is 0 Å². The maximum atomic E-state index is 6.13. The van der Waals surface area contributed by atoms with Crippen LogP contribution in [0.1, 0.15) is 37.8 Å². The van der Waals surface area contributed by atoms with E-state index >= 15 is 0 Å². The van der Waals surface area contributed by atoms with Crippen molar-refractivity contribution < 1.29 is 0 Å². The zero-order chi connectivity index (χ0) is 32.5. The number of nitrogen functional groups attached to an aromatic ring is 2. The van der Waals surface area contributed by atoms with E-state index in [2.05, 4.69) is 94.1 Å². The molecule has 2 aromatic carbocycles. The van der Waals surface area contributed by atoms with Gasteiger partial charge in [0.1, 0.15) is 11.6 Å². The SMILES string of the molecule is CC1CC(N)CC(C)N1CCc1ccc(-c2cccc(N)n2)cc1.CN1CCN(CCc2ccc(-c3cccc(N)n3)cc2)CC1. The third-order valence-corrected chi connectivity index (χ3v) is 9.43. The minimum atomic E-state index is 0.358. The Bertz CT molecular complexity index is 1490. The molecule has 46 heavy (non-hydrogen) atoms. The fourth-order valence-electron chi connectivity index (χ4n) is 6.64. The molecular formula is C38H52N8. The van der Waals surface area contributed by atoms with E-state index in [9.17, 15) is 0 Å². The number of aromatic nitrogens is 2. The van der Waals surface area contributed by atoms with E-state index in [0.717, 1.165) is 61.3 Å². The lowest BCUT2D eigenvalue weighted by Gasteiger charge is -2.41. The highest BCUT2D eigenvalue weighted by atomic mass is 15.2. The smallest absolute Gasteiger partial charge is 0.124 e. The van der Waals surface area contributed by atoms with Crippen molar-refractivity contribution in [1.29, 1.82) is 0 Å². The van der Waals surface area contributed by atoms with Crippen LogP contribution in [0.25, 0.3) is 22.5 Å². The Kier molecular flexibility index (Phi) is 11.8. The first-order chi connectivity index (χ1) is 22.2. The quantitative estimate of drug-likeness (QED) is 0.247. The number of benzene rings is 2. The van der Waals surface area contributed by atoms with Gasteiger partial charge in [0.2, 0.25) is 0 Å². The Morgan fingerprint density at radius 3 is 1.54 bits per heavy atom. The van der Waals surface area contributed by atoms with Gasteiger partial charge in [0, 0.05) is 68.5 Å². The van der Waals surface area contributed by atoms with E-state index in [1.165, 1.54) is 37.3 Å². The monoisotopic (exact) mass is 620 g/mol. The molecule has 8 nitrogen and oxygen atoms in total. The van der Waals surface area contributed by atoms with Gasteiger partial charge >= 0.3 is 0 Å². The van der Waals surface area contributed by atoms with Crippen LogP contribution in [-0.2, 0) is 12.8 Å². The van der Waals surface area contributed by atoms with E-state index in [0.29, 0.717) is 29.8 Å². The van der Waals surface area contributed by atoms with Gasteiger partial charge < -0.3 is 27.0 Å². The topological polar surface area (TPSA) is 114 Å². The van der Waals surface area contributed by atoms with Crippen molar-refractivity contribution in [2.75, 3.05) is 57.8 Å². The molecule has 0 bridgehead atoms. The van der Waals surface area contributed by atoms with E-state index in [-0.39, 0.29) is 0 Å². The zero-order valence-electron chi connectivity index (χ0n) is 27.9. The number of hydrogen-bond donors (Lipinski definition) is 3. The van der Waals surface area contributed by atoms with Crippen molar-refractivity contribution in [1.82, 2.24) is 24.7 Å². The van der Waals surface area contributed by atoms with Crippen LogP contribution >= 0.6 is 0 Å². The lowest BCUT2D eigenvalue weighted by atomic mass is 9.93. The number of piperidine rings is 1. The van der Waals surface area contributed by atoms with Gasteiger partial charge in [-0.15, -0.1) is 0 Å². The number of piperazine rings is 1. The Morgan fingerprint density at radius 2 is 1.09 bits per heavy atom. The minimum Gasteiger partial charge on any atom is -0.384 e. The summed E-state index contributed by atoms with van der Waals surface area (Å²) in [5.41, 5.74) is 24.5. The Labute approximate surface area is 275 Å². The largest absolute Gasteiger partial charge is 0.384 e. The van der Waals surface area contributed by atoms with Gasteiger partial charge in [-0.1, -0.05) is 60.7 Å². The molecule has 0 amide bonds. The number of likely N-dealkylation sites (tertiary alicyclic amines) is 1. The molecule has 2 saturated heterocycles. The molecule has 2 aliphatic heterocycles. The second kappa shape index (κ2) is 16.1. The second-order valence-corrected chi connectivity index (χ2v) is 13.1. The number of hydrogen-bond acceptors (Lipinski definition) is 8. The normalized spacial score (nSPS) is 21.0. The minimum absolute atomic E-state index is 0.358. The lowest BCUT2D eigenvalue weighted by molar-refractivity contribution is 0.0936. The van der Waals surface area contributed by atoms with Crippen molar-refractivity contribution in [2.45, 2.75) is 57.7 Å². The maximum absolute atomic E-state index is 6.13. The van der Waals surface area contributed by atoms with Crippen molar-refractivity contribution in [2.24, 2.45) is 5.73 Å². The van der Waals surface area contributed by atoms with E-state index in [1.807, 2.05) is 36.4 Å². The summed E-state index contributed by atoms with van der Waals surface area (Å²) in [6.07, 6.45) is 4.37. The number of nitrogens with zero attached hydrogens (tertiary/aromatic N) is 5. The van der Waals surface area contributed by atoms with Gasteiger partial charge in [0.15, 0.2) is 0 Å². The van der Waals surface area contributed by atoms with Crippen molar-refractivity contribution in [3.63, 3.8) is 0 Å². The summed E-state index contributed by atoms with van der Waals surface area (Å²) in [6.45, 7) is 11.5. The number of likely N-dealkylation sites (N-methyl/N-ethyl adjacent to an activating group) is 1. The standard InChI is InChI=1S/C20H28N4.C18H24N4/c1-14-12-18(21)13-15(2)24(14)11-10-16-6-8-17(9-7-16)19-4-3-5-20(22)23-19;1-21-11-13-22(14-12-21)10-9-15-5-7-16(8-6-15)17-3-2-4-18(19)20-17/h3-9,14-15,18H,10-13,21H2,1-2H3,(H2,22,23);2-8H,9-14H2,1H3,(H2,19,20). The maximum Gasteiger partial charge on any atom is 0.124 e. The summed E-state index contributed by atoms with van der Waals surface area (Å²) in [6, 6.07) is 30.3. The molecule has 6 N–H and O–H groups in total. The summed E-state index contributed by atoms with van der Waals surface area (Å²) in [7, 11) is 2.19. The Morgan fingerprint density at radius 1 is 0.630 bits per heavy atom. The van der Waals surface area contributed by atoms with E-state index < -0.39 is 0 Å². The Balaban J connectivity index is 0.000000182. The fourth-order valence-corrected chi connectivity index (χ4v) is 6.64. The summed E-state index contributed by atoms with van der Waals surface area (Å²) < 4.78 is 0. The third kappa shape index (κ3) is 9.59. The molecule has 4 aromatic rings. The zero-order valence-corrected chi connectivity index (χ0v) is 27.9. The Hall–Kier alpha value is -3.82. The average Bonchev–Trinajstić information content (AvgIpc) is 3.05. The molecule has 0 saturated carbocycles. The first-order valence-electron chi connectivity index (χ1n) is 16.8. The van der Waals surface area contributed by atoms with Crippen molar-refractivity contribution >= 4 is 11.6 Å². The highest BCUT2D eigenvalue weighted by molar-refractivity contribution is 5.62. The molecule has 8 heteroatoms. The number of pyridine rings is 2. The molecule has 4 heterocycles. The van der Waals surface area contributed by atoms with Crippen LogP contribution in [0.5, 0.6) is 0 Å². The van der Waals surface area contributed by atoms with Gasteiger partial charge in [0.05, 0.1) is 11.4 Å². The van der Waals surface area contributed by atoms with Crippen molar-refractivity contribution in [3.05, 3.63) is 96.1 Å². The second-order valence-electron chi connectivity index (χ2n) is 13.1. The third-order valence-electron chi connectivity index (χ3n) is 9.43. The number of nitrogens with two attached hydrogens (primary N) is 3. The molecule has 2 aliphatic rings. The van der Waals surface area contributed by atoms with Gasteiger partial charge in [-0.2, -0.15) is 0 Å². The fraction of sp³-hybridized carbons (Fsp3) is 0.421. The molecule has 244 valence electrons. The summed E-state index contributed by atoms with van der Waals surface area (Å²) in [5, 5.41) is 0. The van der Waals surface area contributed by atoms with Crippen LogP contribution in [0, 0.1) is 0 Å². The van der Waals surface area contributed by atoms with Crippen LogP contribution in [-0.4, -0.2) is 89.1 Å².